The van der Waals surface area contributed by atoms with Gasteiger partial charge in [-0.25, -0.2) is 4.39 Å². The van der Waals surface area contributed by atoms with Gasteiger partial charge in [0.05, 0.1) is 17.1 Å². The molecule has 0 aliphatic heterocycles. The molecule has 0 saturated heterocycles. The van der Waals surface area contributed by atoms with Gasteiger partial charge in [-0.05, 0) is 58.2 Å². The zero-order chi connectivity index (χ0) is 28.9. The minimum absolute atomic E-state index is 0.0105. The number of primary amides is 1. The number of rotatable bonds is 9. The van der Waals surface area contributed by atoms with E-state index in [2.05, 4.69) is 15.7 Å². The first kappa shape index (κ1) is 31.6. The van der Waals surface area contributed by atoms with Gasteiger partial charge < -0.3 is 26.0 Å². The van der Waals surface area contributed by atoms with Gasteiger partial charge in [-0.2, -0.15) is 5.10 Å². The zero-order valence-corrected chi connectivity index (χ0v) is 23.0. The molecule has 2 amide bonds. The van der Waals surface area contributed by atoms with E-state index in [1.165, 1.54) is 6.92 Å². The number of nitrogens with zero attached hydrogens (tertiary/aromatic N) is 2. The summed E-state index contributed by atoms with van der Waals surface area (Å²) in [5.74, 6) is -0.933. The SMILES string of the molecule is CC=O.CNC(C)c1cccc(Cl)c1F.NC(=O)c1nn(CC(C=O)C2CCC(NC=O)C2)c2ccccc12. The molecule has 9 nitrogen and oxygen atoms in total. The van der Waals surface area contributed by atoms with Crippen molar-refractivity contribution in [3.05, 3.63) is 64.6 Å². The normalized spacial score (nSPS) is 17.6. The Balaban J connectivity index is 0.000000298. The predicted molar refractivity (Wildman–Crippen MR) is 149 cm³/mol. The maximum Gasteiger partial charge on any atom is 0.269 e. The van der Waals surface area contributed by atoms with E-state index in [-0.39, 0.29) is 40.5 Å². The number of aldehydes is 2. The summed E-state index contributed by atoms with van der Waals surface area (Å²) >= 11 is 5.61. The lowest BCUT2D eigenvalue weighted by molar-refractivity contribution is -0.113. The molecule has 39 heavy (non-hydrogen) atoms. The second-order valence-corrected chi connectivity index (χ2v) is 9.56. The second kappa shape index (κ2) is 15.7. The fraction of sp³-hybridized carbons (Fsp3) is 0.393. The van der Waals surface area contributed by atoms with E-state index in [1.807, 2.05) is 25.1 Å². The molecule has 1 heterocycles. The molecule has 4 unspecified atom stereocenters. The van der Waals surface area contributed by atoms with E-state index < -0.39 is 5.91 Å². The minimum atomic E-state index is -0.580. The van der Waals surface area contributed by atoms with Crippen molar-refractivity contribution in [1.82, 2.24) is 20.4 Å². The molecule has 4 rings (SSSR count). The monoisotopic (exact) mass is 559 g/mol. The van der Waals surface area contributed by atoms with Crippen LogP contribution in [0.1, 0.15) is 55.2 Å². The average molecular weight is 560 g/mol. The van der Waals surface area contributed by atoms with Gasteiger partial charge >= 0.3 is 0 Å². The lowest BCUT2D eigenvalue weighted by Gasteiger charge is -2.18. The highest BCUT2D eigenvalue weighted by molar-refractivity contribution is 6.30. The van der Waals surface area contributed by atoms with E-state index in [9.17, 15) is 18.8 Å². The Bertz CT molecular complexity index is 1270. The summed E-state index contributed by atoms with van der Waals surface area (Å²) in [6, 6.07) is 12.5. The van der Waals surface area contributed by atoms with Gasteiger partial charge in [0, 0.05) is 29.0 Å². The van der Waals surface area contributed by atoms with Crippen LogP contribution in [0.4, 0.5) is 4.39 Å². The Kier molecular flexibility index (Phi) is 12.7. The van der Waals surface area contributed by atoms with Crippen molar-refractivity contribution in [2.75, 3.05) is 7.05 Å². The number of amides is 2. The number of aromatic nitrogens is 2. The van der Waals surface area contributed by atoms with Crippen molar-refractivity contribution in [2.24, 2.45) is 17.6 Å². The standard InChI is InChI=1S/C17H20N4O3.C9H11ClFN.C2H4O/c18-17(24)16-14-3-1-2-4-15(14)21(20-16)8-12(9-22)11-5-6-13(7-11)19-10-23;1-6(12-2)7-4-3-5-8(10)9(7)11;1-2-3/h1-4,9-13H,5-8H2,(H2,18,24)(H,19,23);3-6,12H,1-2H3;2H,1H3. The highest BCUT2D eigenvalue weighted by Gasteiger charge is 2.31. The van der Waals surface area contributed by atoms with E-state index in [1.54, 1.807) is 36.0 Å². The molecule has 11 heteroatoms. The molecule has 210 valence electrons. The molecule has 1 saturated carbocycles. The van der Waals surface area contributed by atoms with Gasteiger partial charge in [0.25, 0.3) is 5.91 Å². The molecule has 4 atom stereocenters. The van der Waals surface area contributed by atoms with Crippen molar-refractivity contribution >= 4 is 47.4 Å². The van der Waals surface area contributed by atoms with Crippen LogP contribution in [-0.4, -0.2) is 47.8 Å². The first-order valence-corrected chi connectivity index (χ1v) is 13.0. The third-order valence-electron chi connectivity index (χ3n) is 6.71. The summed E-state index contributed by atoms with van der Waals surface area (Å²) in [5.41, 5.74) is 7.02. The number of halogens is 2. The first-order valence-electron chi connectivity index (χ1n) is 12.6. The first-order chi connectivity index (χ1) is 18.7. The molecule has 4 N–H and O–H groups in total. The number of carbonyl (C=O) groups excluding carboxylic acids is 4. The van der Waals surface area contributed by atoms with Gasteiger partial charge in [0.15, 0.2) is 5.69 Å². The summed E-state index contributed by atoms with van der Waals surface area (Å²) in [7, 11) is 1.78. The summed E-state index contributed by atoms with van der Waals surface area (Å²) in [6.45, 7) is 3.73. The van der Waals surface area contributed by atoms with Crippen LogP contribution < -0.4 is 16.4 Å². The smallest absolute Gasteiger partial charge is 0.269 e. The van der Waals surface area contributed by atoms with Crippen LogP contribution in [0.15, 0.2) is 42.5 Å². The number of hydrogen-bond acceptors (Lipinski definition) is 6. The topological polar surface area (TPSA) is 136 Å². The molecule has 0 spiro atoms. The van der Waals surface area contributed by atoms with Gasteiger partial charge in [-0.3, -0.25) is 14.3 Å². The second-order valence-electron chi connectivity index (χ2n) is 9.16. The van der Waals surface area contributed by atoms with Crippen LogP contribution >= 0.6 is 11.6 Å². The van der Waals surface area contributed by atoms with E-state index in [0.717, 1.165) is 37.4 Å². The maximum atomic E-state index is 13.3. The van der Waals surface area contributed by atoms with E-state index in [4.69, 9.17) is 22.1 Å². The van der Waals surface area contributed by atoms with Gasteiger partial charge in [0.1, 0.15) is 18.4 Å². The van der Waals surface area contributed by atoms with Crippen LogP contribution in [-0.2, 0) is 20.9 Å². The van der Waals surface area contributed by atoms with Crippen LogP contribution in [0.3, 0.4) is 0 Å². The number of para-hydroxylation sites is 1. The number of hydrogen-bond donors (Lipinski definition) is 3. The maximum absolute atomic E-state index is 13.3. The number of carbonyl (C=O) groups is 4. The van der Waals surface area contributed by atoms with Crippen LogP contribution in [0.5, 0.6) is 0 Å². The molecule has 1 fully saturated rings. The van der Waals surface area contributed by atoms with Crippen LogP contribution in [0.2, 0.25) is 5.02 Å². The molecule has 0 radical (unpaired) electrons. The largest absolute Gasteiger partial charge is 0.364 e. The quantitative estimate of drug-likeness (QED) is 0.341. The number of nitrogens with one attached hydrogen (secondary N) is 2. The van der Waals surface area contributed by atoms with Crippen molar-refractivity contribution < 1.29 is 23.6 Å². The summed E-state index contributed by atoms with van der Waals surface area (Å²) in [6.07, 6.45) is 4.96. The highest BCUT2D eigenvalue weighted by Crippen LogP contribution is 2.32. The van der Waals surface area contributed by atoms with Crippen molar-refractivity contribution in [3.63, 3.8) is 0 Å². The minimum Gasteiger partial charge on any atom is -0.364 e. The average Bonchev–Trinajstić information content (AvgIpc) is 3.54. The molecular formula is C28H35ClFN5O4. The molecule has 1 aromatic heterocycles. The predicted octanol–water partition coefficient (Wildman–Crippen LogP) is 3.83. The summed E-state index contributed by atoms with van der Waals surface area (Å²) < 4.78 is 15.0. The molecule has 1 aliphatic carbocycles. The fourth-order valence-electron chi connectivity index (χ4n) is 4.61. The lowest BCUT2D eigenvalue weighted by atomic mass is 9.92. The third kappa shape index (κ3) is 8.43. The Morgan fingerprint density at radius 1 is 1.21 bits per heavy atom. The van der Waals surface area contributed by atoms with E-state index in [0.29, 0.717) is 23.9 Å². The van der Waals surface area contributed by atoms with Crippen molar-refractivity contribution in [3.8, 4) is 0 Å². The fourth-order valence-corrected chi connectivity index (χ4v) is 4.80. The zero-order valence-electron chi connectivity index (χ0n) is 22.3. The van der Waals surface area contributed by atoms with Gasteiger partial charge in [0.2, 0.25) is 6.41 Å². The molecule has 3 aromatic rings. The summed E-state index contributed by atoms with van der Waals surface area (Å²) in [5, 5.41) is 10.9. The Morgan fingerprint density at radius 2 is 1.90 bits per heavy atom. The molecular weight excluding hydrogens is 525 g/mol. The van der Waals surface area contributed by atoms with Crippen molar-refractivity contribution in [1.29, 1.82) is 0 Å². The Labute approximate surface area is 232 Å². The van der Waals surface area contributed by atoms with Gasteiger partial charge in [-0.15, -0.1) is 0 Å². The number of benzene rings is 2. The number of nitrogens with two attached hydrogens (primary N) is 1. The van der Waals surface area contributed by atoms with Crippen LogP contribution in [0.25, 0.3) is 10.9 Å². The van der Waals surface area contributed by atoms with E-state index >= 15 is 0 Å². The Hall–Kier alpha value is -3.63. The Morgan fingerprint density at radius 3 is 2.51 bits per heavy atom. The number of fused-ring (bicyclic) bond motifs is 1. The van der Waals surface area contributed by atoms with Crippen molar-refractivity contribution in [2.45, 2.75) is 51.7 Å². The molecule has 0 bridgehead atoms. The van der Waals surface area contributed by atoms with Crippen LogP contribution in [0, 0.1) is 17.7 Å². The molecule has 1 aliphatic rings. The lowest BCUT2D eigenvalue weighted by Crippen LogP contribution is -2.27. The van der Waals surface area contributed by atoms with Gasteiger partial charge in [-0.1, -0.05) is 41.9 Å². The summed E-state index contributed by atoms with van der Waals surface area (Å²) in [4.78, 5) is 42.6. The molecule has 2 aromatic carbocycles. The third-order valence-corrected chi connectivity index (χ3v) is 7.01. The highest BCUT2D eigenvalue weighted by atomic mass is 35.5.